The second-order valence-corrected chi connectivity index (χ2v) is 5.31. The summed E-state index contributed by atoms with van der Waals surface area (Å²) < 4.78 is 43.6. The predicted molar refractivity (Wildman–Crippen MR) is 79.0 cm³/mol. The number of benzene rings is 1. The molecule has 0 aromatic heterocycles. The molecule has 0 aliphatic heterocycles. The number of alkyl halides is 3. The first-order valence-corrected chi connectivity index (χ1v) is 7.18. The Hall–Kier alpha value is -1.92. The van der Waals surface area contributed by atoms with Crippen LogP contribution in [0.25, 0.3) is 0 Å². The molecule has 2 atom stereocenters. The largest absolute Gasteiger partial charge is 0.491 e. The first-order chi connectivity index (χ1) is 10.4. The molecule has 0 radical (unpaired) electrons. The Kier molecular flexibility index (Phi) is 5.15. The Bertz CT molecular complexity index is 531. The van der Waals surface area contributed by atoms with E-state index < -0.39 is 11.7 Å². The molecular weight excluding hydrogens is 295 g/mol. The molecule has 1 saturated carbocycles. The van der Waals surface area contributed by atoms with Crippen LogP contribution in [0.2, 0.25) is 0 Å². The molecule has 0 saturated heterocycles. The van der Waals surface area contributed by atoms with Crippen LogP contribution in [-0.2, 0) is 6.18 Å². The van der Waals surface area contributed by atoms with E-state index in [1.807, 2.05) is 0 Å². The summed E-state index contributed by atoms with van der Waals surface area (Å²) in [5.41, 5.74) is -0.760. The monoisotopic (exact) mass is 315 g/mol. The van der Waals surface area contributed by atoms with Crippen LogP contribution in [0.5, 0.6) is 5.75 Å². The second-order valence-electron chi connectivity index (χ2n) is 5.31. The highest BCUT2D eigenvalue weighted by atomic mass is 19.4. The fourth-order valence-electron chi connectivity index (χ4n) is 2.05. The van der Waals surface area contributed by atoms with Gasteiger partial charge in [0.15, 0.2) is 5.96 Å². The smallest absolute Gasteiger partial charge is 0.419 e. The number of rotatable bonds is 5. The summed E-state index contributed by atoms with van der Waals surface area (Å²) in [6.07, 6.45) is -3.31. The summed E-state index contributed by atoms with van der Waals surface area (Å²) >= 11 is 0. The van der Waals surface area contributed by atoms with Gasteiger partial charge in [-0.05, 0) is 24.5 Å². The summed E-state index contributed by atoms with van der Waals surface area (Å²) in [7, 11) is 1.65. The molecule has 1 aliphatic rings. The first kappa shape index (κ1) is 16.5. The SMILES string of the molecule is CN=C(NCCOc1ccccc1C(F)(F)F)NC1CC1C. The Morgan fingerprint density at radius 1 is 1.36 bits per heavy atom. The van der Waals surface area contributed by atoms with Crippen LogP contribution < -0.4 is 15.4 Å². The van der Waals surface area contributed by atoms with Gasteiger partial charge in [0, 0.05) is 13.1 Å². The van der Waals surface area contributed by atoms with Gasteiger partial charge in [0.05, 0.1) is 12.1 Å². The van der Waals surface area contributed by atoms with E-state index in [1.54, 1.807) is 7.05 Å². The van der Waals surface area contributed by atoms with Crippen molar-refractivity contribution in [2.75, 3.05) is 20.2 Å². The van der Waals surface area contributed by atoms with Gasteiger partial charge in [-0.25, -0.2) is 0 Å². The Morgan fingerprint density at radius 2 is 2.05 bits per heavy atom. The molecule has 1 aliphatic carbocycles. The van der Waals surface area contributed by atoms with Crippen LogP contribution in [0, 0.1) is 5.92 Å². The normalized spacial score (nSPS) is 21.4. The van der Waals surface area contributed by atoms with E-state index >= 15 is 0 Å². The number of nitrogens with zero attached hydrogens (tertiary/aromatic N) is 1. The molecule has 1 aromatic rings. The van der Waals surface area contributed by atoms with Crippen molar-refractivity contribution in [3.8, 4) is 5.75 Å². The molecule has 2 rings (SSSR count). The van der Waals surface area contributed by atoms with Crippen LogP contribution in [0.1, 0.15) is 18.9 Å². The number of ether oxygens (including phenoxy) is 1. The fourth-order valence-corrected chi connectivity index (χ4v) is 2.05. The molecule has 1 fully saturated rings. The third-order valence-electron chi connectivity index (χ3n) is 3.50. The van der Waals surface area contributed by atoms with E-state index in [-0.39, 0.29) is 12.4 Å². The lowest BCUT2D eigenvalue weighted by atomic mass is 10.2. The lowest BCUT2D eigenvalue weighted by molar-refractivity contribution is -0.138. The molecular formula is C15H20F3N3O. The Balaban J connectivity index is 1.79. The molecule has 7 heteroatoms. The van der Waals surface area contributed by atoms with Crippen molar-refractivity contribution in [2.45, 2.75) is 25.6 Å². The Labute approximate surface area is 127 Å². The fraction of sp³-hybridized carbons (Fsp3) is 0.533. The number of aliphatic imine (C=N–C) groups is 1. The minimum atomic E-state index is -4.41. The van der Waals surface area contributed by atoms with Gasteiger partial charge >= 0.3 is 6.18 Å². The van der Waals surface area contributed by atoms with Crippen LogP contribution in [0.15, 0.2) is 29.3 Å². The number of hydrogen-bond acceptors (Lipinski definition) is 2. The first-order valence-electron chi connectivity index (χ1n) is 7.18. The van der Waals surface area contributed by atoms with Gasteiger partial charge in [-0.2, -0.15) is 13.2 Å². The Morgan fingerprint density at radius 3 is 2.64 bits per heavy atom. The highest BCUT2D eigenvalue weighted by Crippen LogP contribution is 2.35. The standard InChI is InChI=1S/C15H20F3N3O/c1-10-9-12(10)21-14(19-2)20-7-8-22-13-6-4-3-5-11(13)15(16,17)18/h3-6,10,12H,7-9H2,1-2H3,(H2,19,20,21). The van der Waals surface area contributed by atoms with Crippen LogP contribution in [0.4, 0.5) is 13.2 Å². The average molecular weight is 315 g/mol. The van der Waals surface area contributed by atoms with E-state index in [9.17, 15) is 13.2 Å². The molecule has 22 heavy (non-hydrogen) atoms. The van der Waals surface area contributed by atoms with Gasteiger partial charge in [0.1, 0.15) is 12.4 Å². The van der Waals surface area contributed by atoms with Crippen molar-refractivity contribution < 1.29 is 17.9 Å². The molecule has 0 heterocycles. The van der Waals surface area contributed by atoms with Gasteiger partial charge in [-0.1, -0.05) is 19.1 Å². The summed E-state index contributed by atoms with van der Waals surface area (Å²) in [5, 5.41) is 6.25. The summed E-state index contributed by atoms with van der Waals surface area (Å²) in [6, 6.07) is 5.63. The van der Waals surface area contributed by atoms with Gasteiger partial charge in [-0.15, -0.1) is 0 Å². The zero-order valence-corrected chi connectivity index (χ0v) is 12.6. The highest BCUT2D eigenvalue weighted by molar-refractivity contribution is 5.80. The van der Waals surface area contributed by atoms with Crippen LogP contribution >= 0.6 is 0 Å². The molecule has 4 nitrogen and oxygen atoms in total. The zero-order chi connectivity index (χ0) is 16.2. The van der Waals surface area contributed by atoms with Gasteiger partial charge < -0.3 is 15.4 Å². The number of halogens is 3. The summed E-state index contributed by atoms with van der Waals surface area (Å²) in [5.74, 6) is 1.12. The van der Waals surface area contributed by atoms with E-state index in [0.29, 0.717) is 24.5 Å². The zero-order valence-electron chi connectivity index (χ0n) is 12.6. The maximum Gasteiger partial charge on any atom is 0.419 e. The molecule has 1 aromatic carbocycles. The van der Waals surface area contributed by atoms with Gasteiger partial charge in [0.2, 0.25) is 0 Å². The highest BCUT2D eigenvalue weighted by Gasteiger charge is 2.34. The summed E-state index contributed by atoms with van der Waals surface area (Å²) in [6.45, 7) is 2.63. The molecule has 0 spiro atoms. The maximum atomic E-state index is 12.8. The van der Waals surface area contributed by atoms with E-state index in [0.717, 1.165) is 12.5 Å². The maximum absolute atomic E-state index is 12.8. The molecule has 2 unspecified atom stereocenters. The number of guanidine groups is 1. The average Bonchev–Trinajstić information content (AvgIpc) is 3.17. The predicted octanol–water partition coefficient (Wildman–Crippen LogP) is 2.66. The van der Waals surface area contributed by atoms with Crippen molar-refractivity contribution in [3.05, 3.63) is 29.8 Å². The molecule has 0 amide bonds. The molecule has 0 bridgehead atoms. The van der Waals surface area contributed by atoms with Crippen molar-refractivity contribution in [2.24, 2.45) is 10.9 Å². The third-order valence-corrected chi connectivity index (χ3v) is 3.50. The quantitative estimate of drug-likeness (QED) is 0.499. The minimum absolute atomic E-state index is 0.119. The van der Waals surface area contributed by atoms with Crippen molar-refractivity contribution in [1.82, 2.24) is 10.6 Å². The molecule has 2 N–H and O–H groups in total. The molecule has 122 valence electrons. The van der Waals surface area contributed by atoms with E-state index in [2.05, 4.69) is 22.5 Å². The van der Waals surface area contributed by atoms with Gasteiger partial charge in [0.25, 0.3) is 0 Å². The van der Waals surface area contributed by atoms with E-state index in [4.69, 9.17) is 4.74 Å². The third kappa shape index (κ3) is 4.54. The second kappa shape index (κ2) is 6.89. The van der Waals surface area contributed by atoms with Crippen LogP contribution in [0.3, 0.4) is 0 Å². The lowest BCUT2D eigenvalue weighted by Gasteiger charge is -2.15. The van der Waals surface area contributed by atoms with Crippen molar-refractivity contribution >= 4 is 5.96 Å². The van der Waals surface area contributed by atoms with Crippen molar-refractivity contribution in [1.29, 1.82) is 0 Å². The van der Waals surface area contributed by atoms with Crippen molar-refractivity contribution in [3.63, 3.8) is 0 Å². The number of hydrogen-bond donors (Lipinski definition) is 2. The van der Waals surface area contributed by atoms with Gasteiger partial charge in [-0.3, -0.25) is 4.99 Å². The number of nitrogens with one attached hydrogen (secondary N) is 2. The lowest BCUT2D eigenvalue weighted by Crippen LogP contribution is -2.40. The van der Waals surface area contributed by atoms with Crippen LogP contribution in [-0.4, -0.2) is 32.2 Å². The van der Waals surface area contributed by atoms with E-state index in [1.165, 1.54) is 18.2 Å². The minimum Gasteiger partial charge on any atom is -0.491 e. The number of para-hydroxylation sites is 1. The topological polar surface area (TPSA) is 45.7 Å². The summed E-state index contributed by atoms with van der Waals surface area (Å²) in [4.78, 5) is 4.06.